The van der Waals surface area contributed by atoms with Crippen molar-refractivity contribution in [2.75, 3.05) is 13.2 Å². The minimum Gasteiger partial charge on any atom is -0.507 e. The topological polar surface area (TPSA) is 161 Å². The van der Waals surface area contributed by atoms with E-state index in [2.05, 4.69) is 0 Å². The van der Waals surface area contributed by atoms with Gasteiger partial charge in [-0.3, -0.25) is 28.8 Å². The van der Waals surface area contributed by atoms with E-state index < -0.39 is 40.0 Å². The molecule has 10 nitrogen and oxygen atoms in total. The first kappa shape index (κ1) is 45.4. The molecular formula is C47H64O10. The van der Waals surface area contributed by atoms with Gasteiger partial charge in [0.2, 0.25) is 0 Å². The Hall–Kier alpha value is -4.34. The maximum Gasteiger partial charge on any atom is 0.306 e. The largest absolute Gasteiger partial charge is 0.507 e. The van der Waals surface area contributed by atoms with Gasteiger partial charge >= 0.3 is 11.9 Å². The van der Waals surface area contributed by atoms with Crippen molar-refractivity contribution in [3.63, 3.8) is 0 Å². The van der Waals surface area contributed by atoms with Crippen LogP contribution in [0.25, 0.3) is 0 Å². The Balaban J connectivity index is 1.31. The summed E-state index contributed by atoms with van der Waals surface area (Å²) in [5.41, 5.74) is 1.15. The van der Waals surface area contributed by atoms with E-state index in [0.29, 0.717) is 12.8 Å². The van der Waals surface area contributed by atoms with Crippen LogP contribution in [0.4, 0.5) is 0 Å². The van der Waals surface area contributed by atoms with E-state index in [9.17, 15) is 39.0 Å². The average Bonchev–Trinajstić information content (AvgIpc) is 3.05. The van der Waals surface area contributed by atoms with Crippen molar-refractivity contribution < 1.29 is 48.5 Å². The van der Waals surface area contributed by atoms with Crippen LogP contribution in [0.15, 0.2) is 24.3 Å². The van der Waals surface area contributed by atoms with E-state index in [4.69, 9.17) is 9.47 Å². The summed E-state index contributed by atoms with van der Waals surface area (Å²) in [6.07, 6.45) is 0.532. The third-order valence-electron chi connectivity index (χ3n) is 11.8. The molecule has 2 aromatic carbocycles. The lowest BCUT2D eigenvalue weighted by Gasteiger charge is -2.46. The molecule has 0 aliphatic heterocycles. The van der Waals surface area contributed by atoms with Crippen molar-refractivity contribution in [1.82, 2.24) is 0 Å². The zero-order chi connectivity index (χ0) is 43.1. The number of carbonyl (C=O) groups excluding carboxylic acids is 6. The number of benzene rings is 2. The molecule has 2 aliphatic rings. The lowest BCUT2D eigenvalue weighted by Crippen LogP contribution is -2.54. The maximum atomic E-state index is 13.7. The molecule has 0 aromatic heterocycles. The number of phenolic OH excluding ortho intramolecular Hbond substituents is 2. The minimum atomic E-state index is -1.10. The number of hydrogen-bond acceptors (Lipinski definition) is 10. The van der Waals surface area contributed by atoms with E-state index in [1.165, 1.54) is 0 Å². The van der Waals surface area contributed by atoms with Crippen LogP contribution in [0.5, 0.6) is 11.5 Å². The van der Waals surface area contributed by atoms with Crippen molar-refractivity contribution in [1.29, 1.82) is 0 Å². The van der Waals surface area contributed by atoms with E-state index in [1.807, 2.05) is 79.7 Å². The first-order valence-corrected chi connectivity index (χ1v) is 20.1. The summed E-state index contributed by atoms with van der Waals surface area (Å²) >= 11 is 0. The molecule has 2 aromatic rings. The highest BCUT2D eigenvalue weighted by Crippen LogP contribution is 2.51. The summed E-state index contributed by atoms with van der Waals surface area (Å²) in [7, 11) is 0. The number of ether oxygens (including phenoxy) is 2. The summed E-state index contributed by atoms with van der Waals surface area (Å²) in [4.78, 5) is 80.6. The summed E-state index contributed by atoms with van der Waals surface area (Å²) in [6, 6.07) is 7.50. The Morgan fingerprint density at radius 1 is 0.579 bits per heavy atom. The predicted octanol–water partition coefficient (Wildman–Crippen LogP) is 8.10. The minimum absolute atomic E-state index is 0.0818. The molecule has 4 rings (SSSR count). The molecule has 2 aliphatic carbocycles. The summed E-state index contributed by atoms with van der Waals surface area (Å²) in [5.74, 6) is -4.02. The molecule has 312 valence electrons. The molecule has 0 unspecified atom stereocenters. The first-order chi connectivity index (χ1) is 26.1. The maximum absolute atomic E-state index is 13.7. The van der Waals surface area contributed by atoms with Gasteiger partial charge in [0.05, 0.1) is 25.0 Å². The summed E-state index contributed by atoms with van der Waals surface area (Å²) in [5, 5.41) is 21.1. The van der Waals surface area contributed by atoms with E-state index in [1.54, 1.807) is 27.7 Å². The molecule has 2 N–H and O–H groups in total. The van der Waals surface area contributed by atoms with Crippen LogP contribution >= 0.6 is 0 Å². The summed E-state index contributed by atoms with van der Waals surface area (Å²) in [6.45, 7) is 22.2. The van der Waals surface area contributed by atoms with Gasteiger partial charge < -0.3 is 19.7 Å². The second kappa shape index (κ2) is 16.5. The third kappa shape index (κ3) is 10.6. The molecule has 2 saturated carbocycles. The highest BCUT2D eigenvalue weighted by molar-refractivity contribution is 6.11. The van der Waals surface area contributed by atoms with Crippen molar-refractivity contribution in [2.24, 2.45) is 28.1 Å². The molecule has 0 saturated heterocycles. The SMILES string of the molecule is Cc1cc(CCC(=O)OCC(C)(C)C2C(=O)CC3(CC2=O)CC(=O)C(C(C)(C)COC(=O)CCc2cc(C)c(O)c(C(C)(C)C)c2)C(=O)C3)cc(C(C)(C)C)c1O. The highest BCUT2D eigenvalue weighted by atomic mass is 16.5. The quantitative estimate of drug-likeness (QED) is 0.159. The molecular weight excluding hydrogens is 725 g/mol. The Morgan fingerprint density at radius 3 is 1.16 bits per heavy atom. The Bertz CT molecular complexity index is 1750. The van der Waals surface area contributed by atoms with Crippen LogP contribution in [0, 0.1) is 41.9 Å². The molecule has 2 fully saturated rings. The van der Waals surface area contributed by atoms with Gasteiger partial charge in [0.15, 0.2) is 0 Å². The highest BCUT2D eigenvalue weighted by Gasteiger charge is 2.57. The first-order valence-electron chi connectivity index (χ1n) is 20.1. The summed E-state index contributed by atoms with van der Waals surface area (Å²) < 4.78 is 11.2. The van der Waals surface area contributed by atoms with Gasteiger partial charge in [0.1, 0.15) is 34.6 Å². The fourth-order valence-electron chi connectivity index (χ4n) is 8.84. The molecule has 57 heavy (non-hydrogen) atoms. The molecule has 1 spiro atoms. The van der Waals surface area contributed by atoms with E-state index >= 15 is 0 Å². The molecule has 0 atom stereocenters. The number of aryl methyl sites for hydroxylation is 4. The van der Waals surface area contributed by atoms with Crippen LogP contribution < -0.4 is 0 Å². The van der Waals surface area contributed by atoms with Gasteiger partial charge in [-0.15, -0.1) is 0 Å². The number of phenols is 2. The number of esters is 2. The van der Waals surface area contributed by atoms with Gasteiger partial charge in [-0.05, 0) is 76.3 Å². The standard InChI is InChI=1S/C47H64O10/c1-27-17-29(19-31(41(27)54)43(3,4)5)13-15-37(52)56-25-45(9,10)39-33(48)21-47(22-34(39)49)23-35(50)40(36(51)24-47)46(11,12)26-57-38(53)16-14-30-18-28(2)42(55)32(20-30)44(6,7)8/h17-20,39-40,54-55H,13-16,21-26H2,1-12H3. The van der Waals surface area contributed by atoms with Crippen molar-refractivity contribution in [3.8, 4) is 11.5 Å². The normalized spacial score (nSPS) is 20.9. The Labute approximate surface area is 338 Å². The molecule has 0 bridgehead atoms. The van der Waals surface area contributed by atoms with Crippen molar-refractivity contribution in [2.45, 2.75) is 145 Å². The predicted molar refractivity (Wildman–Crippen MR) is 217 cm³/mol. The van der Waals surface area contributed by atoms with Gasteiger partial charge in [-0.25, -0.2) is 0 Å². The Kier molecular flexibility index (Phi) is 13.1. The molecule has 0 amide bonds. The fourth-order valence-corrected chi connectivity index (χ4v) is 8.84. The number of carbonyl (C=O) groups is 6. The third-order valence-corrected chi connectivity index (χ3v) is 11.8. The molecule has 0 heterocycles. The van der Waals surface area contributed by atoms with E-state index in [0.717, 1.165) is 33.4 Å². The number of hydrogen-bond donors (Lipinski definition) is 2. The van der Waals surface area contributed by atoms with Gasteiger partial charge in [-0.2, -0.15) is 0 Å². The van der Waals surface area contributed by atoms with Crippen LogP contribution in [0.3, 0.4) is 0 Å². The van der Waals surface area contributed by atoms with Crippen LogP contribution in [0.2, 0.25) is 0 Å². The monoisotopic (exact) mass is 788 g/mol. The zero-order valence-electron chi connectivity index (χ0n) is 36.2. The molecule has 10 heteroatoms. The van der Waals surface area contributed by atoms with Gasteiger partial charge in [0.25, 0.3) is 0 Å². The van der Waals surface area contributed by atoms with Gasteiger partial charge in [-0.1, -0.05) is 93.5 Å². The van der Waals surface area contributed by atoms with Crippen LogP contribution in [0.1, 0.15) is 141 Å². The second-order valence-electron chi connectivity index (χ2n) is 20.4. The number of aromatic hydroxyl groups is 2. The van der Waals surface area contributed by atoms with Crippen molar-refractivity contribution in [3.05, 3.63) is 57.6 Å². The smallest absolute Gasteiger partial charge is 0.306 e. The Morgan fingerprint density at radius 2 is 0.877 bits per heavy atom. The van der Waals surface area contributed by atoms with Gasteiger partial charge in [0, 0.05) is 49.4 Å². The lowest BCUT2D eigenvalue weighted by molar-refractivity contribution is -0.161. The number of rotatable bonds is 12. The van der Waals surface area contributed by atoms with Crippen molar-refractivity contribution >= 4 is 35.1 Å². The molecule has 0 radical (unpaired) electrons. The second-order valence-corrected chi connectivity index (χ2v) is 20.4. The number of ketones is 4. The zero-order valence-corrected chi connectivity index (χ0v) is 36.2. The van der Waals surface area contributed by atoms with Crippen LogP contribution in [-0.4, -0.2) is 58.5 Å². The number of Topliss-reactive ketones (excluding diaryl/α,β-unsaturated/α-hetero) is 4. The average molecular weight is 789 g/mol. The van der Waals surface area contributed by atoms with Crippen LogP contribution in [-0.2, 0) is 61.9 Å². The fraction of sp³-hybridized carbons (Fsp3) is 0.617. The van der Waals surface area contributed by atoms with E-state index in [-0.39, 0.29) is 97.2 Å². The lowest BCUT2D eigenvalue weighted by atomic mass is 9.54.